The molecule has 0 unspecified atom stereocenters. The molecular weight excluding hydrogens is 258 g/mol. The molecule has 2 nitrogen and oxygen atoms in total. The van der Waals surface area contributed by atoms with E-state index in [0.29, 0.717) is 0 Å². The van der Waals surface area contributed by atoms with Gasteiger partial charge in [0.25, 0.3) is 0 Å². The molecule has 0 aliphatic heterocycles. The molecule has 0 aliphatic rings. The summed E-state index contributed by atoms with van der Waals surface area (Å²) in [5, 5.41) is 2.52. The second-order valence-electron chi connectivity index (χ2n) is 5.05. The van der Waals surface area contributed by atoms with Crippen LogP contribution in [0.2, 0.25) is 0 Å². The lowest BCUT2D eigenvalue weighted by Crippen LogP contribution is -1.99. The summed E-state index contributed by atoms with van der Waals surface area (Å²) >= 11 is 0. The van der Waals surface area contributed by atoms with Gasteiger partial charge in [-0.3, -0.25) is 0 Å². The van der Waals surface area contributed by atoms with Crippen LogP contribution in [-0.2, 0) is 13.0 Å². The number of benzene rings is 2. The molecule has 0 amide bonds. The number of ether oxygens (including phenoxy) is 1. The summed E-state index contributed by atoms with van der Waals surface area (Å²) in [6.45, 7) is 8.56. The largest absolute Gasteiger partial charge is 0.496 e. The Balaban J connectivity index is 2.50. The van der Waals surface area contributed by atoms with Crippen LogP contribution >= 0.6 is 0 Å². The van der Waals surface area contributed by atoms with Crippen LogP contribution in [-0.4, -0.2) is 11.7 Å². The highest BCUT2D eigenvalue weighted by molar-refractivity contribution is 6.09. The molecule has 0 fully saturated rings. The molecule has 0 saturated heterocycles. The zero-order chi connectivity index (χ0) is 14.8. The third kappa shape index (κ3) is 2.04. The van der Waals surface area contributed by atoms with Gasteiger partial charge in [0.1, 0.15) is 5.75 Å². The summed E-state index contributed by atoms with van der Waals surface area (Å²) in [6, 6.07) is 12.7. The first-order chi connectivity index (χ1) is 10.3. The van der Waals surface area contributed by atoms with Crippen LogP contribution in [0.4, 0.5) is 0 Å². The van der Waals surface area contributed by atoms with Gasteiger partial charge in [-0.1, -0.05) is 30.4 Å². The molecule has 1 heterocycles. The maximum absolute atomic E-state index is 5.55. The summed E-state index contributed by atoms with van der Waals surface area (Å²) in [7, 11) is 1.72. The number of hydrogen-bond donors (Lipinski definition) is 0. The first-order valence-electron chi connectivity index (χ1n) is 7.10. The van der Waals surface area contributed by atoms with Gasteiger partial charge >= 0.3 is 0 Å². The van der Waals surface area contributed by atoms with Crippen LogP contribution in [0, 0.1) is 0 Å². The van der Waals surface area contributed by atoms with E-state index in [-0.39, 0.29) is 0 Å². The highest BCUT2D eigenvalue weighted by Gasteiger charge is 2.15. The molecule has 2 heteroatoms. The predicted octanol–water partition coefficient (Wildman–Crippen LogP) is 4.72. The predicted molar refractivity (Wildman–Crippen MR) is 90.1 cm³/mol. The fraction of sp³-hybridized carbons (Fsp3) is 0.158. The van der Waals surface area contributed by atoms with Crippen molar-refractivity contribution in [1.29, 1.82) is 0 Å². The zero-order valence-corrected chi connectivity index (χ0v) is 12.3. The Morgan fingerprint density at radius 3 is 2.57 bits per heavy atom. The monoisotopic (exact) mass is 277 g/mol. The van der Waals surface area contributed by atoms with Crippen LogP contribution in [0.3, 0.4) is 0 Å². The summed E-state index contributed by atoms with van der Waals surface area (Å²) in [5.41, 5.74) is 3.63. The van der Waals surface area contributed by atoms with Gasteiger partial charge in [0.15, 0.2) is 0 Å². The SMILES string of the molecule is C=CCc1c(OC)ccc2c3ccccc3n(CC=C)c12. The molecule has 0 N–H and O–H groups in total. The Bertz CT molecular complexity index is 826. The number of hydrogen-bond acceptors (Lipinski definition) is 1. The van der Waals surface area contributed by atoms with E-state index in [4.69, 9.17) is 4.74 Å². The maximum atomic E-state index is 5.55. The van der Waals surface area contributed by atoms with Gasteiger partial charge in [-0.2, -0.15) is 0 Å². The van der Waals surface area contributed by atoms with Gasteiger partial charge in [0.2, 0.25) is 0 Å². The molecule has 0 radical (unpaired) electrons. The lowest BCUT2D eigenvalue weighted by molar-refractivity contribution is 0.411. The number of fused-ring (bicyclic) bond motifs is 3. The zero-order valence-electron chi connectivity index (χ0n) is 12.3. The average Bonchev–Trinajstić information content (AvgIpc) is 2.83. The Kier molecular flexibility index (Phi) is 3.53. The molecular formula is C19H19NO. The van der Waals surface area contributed by atoms with Crippen molar-refractivity contribution in [2.75, 3.05) is 7.11 Å². The van der Waals surface area contributed by atoms with Crippen molar-refractivity contribution in [3.05, 3.63) is 67.3 Å². The normalized spacial score (nSPS) is 10.9. The van der Waals surface area contributed by atoms with Crippen molar-refractivity contribution in [3.63, 3.8) is 0 Å². The topological polar surface area (TPSA) is 14.2 Å². The third-order valence-corrected chi connectivity index (χ3v) is 3.87. The van der Waals surface area contributed by atoms with Gasteiger partial charge in [-0.15, -0.1) is 13.2 Å². The minimum Gasteiger partial charge on any atom is -0.496 e. The molecule has 3 aromatic rings. The standard InChI is InChI=1S/C19H19NO/c1-4-8-16-18(21-3)12-11-15-14-9-6-7-10-17(14)20(13-5-2)19(15)16/h4-7,9-12H,1-2,8,13H2,3H3. The van der Waals surface area contributed by atoms with Crippen molar-refractivity contribution in [3.8, 4) is 5.75 Å². The van der Waals surface area contributed by atoms with E-state index in [9.17, 15) is 0 Å². The quantitative estimate of drug-likeness (QED) is 0.616. The fourth-order valence-corrected chi connectivity index (χ4v) is 3.05. The van der Waals surface area contributed by atoms with Crippen molar-refractivity contribution in [2.24, 2.45) is 0 Å². The lowest BCUT2D eigenvalue weighted by atomic mass is 10.1. The fourth-order valence-electron chi connectivity index (χ4n) is 3.05. The Hall–Kier alpha value is -2.48. The number of allylic oxidation sites excluding steroid dienone is 2. The van der Waals surface area contributed by atoms with Gasteiger partial charge in [0.05, 0.1) is 12.6 Å². The number of aromatic nitrogens is 1. The van der Waals surface area contributed by atoms with Gasteiger partial charge < -0.3 is 9.30 Å². The smallest absolute Gasteiger partial charge is 0.124 e. The van der Waals surface area contributed by atoms with E-state index < -0.39 is 0 Å². The molecule has 0 saturated carbocycles. The van der Waals surface area contributed by atoms with E-state index in [1.54, 1.807) is 7.11 Å². The second-order valence-corrected chi connectivity index (χ2v) is 5.05. The molecule has 106 valence electrons. The molecule has 0 spiro atoms. The minimum absolute atomic E-state index is 0.779. The molecule has 0 atom stereocenters. The first kappa shape index (κ1) is 13.5. The minimum atomic E-state index is 0.779. The molecule has 1 aromatic heterocycles. The van der Waals surface area contributed by atoms with Crippen LogP contribution in [0.25, 0.3) is 21.8 Å². The molecule has 2 aromatic carbocycles. The first-order valence-corrected chi connectivity index (χ1v) is 7.10. The summed E-state index contributed by atoms with van der Waals surface area (Å²) < 4.78 is 7.85. The van der Waals surface area contributed by atoms with Gasteiger partial charge in [-0.25, -0.2) is 0 Å². The van der Waals surface area contributed by atoms with Gasteiger partial charge in [0, 0.05) is 28.4 Å². The number of rotatable bonds is 5. The summed E-state index contributed by atoms with van der Waals surface area (Å²) in [4.78, 5) is 0. The van der Waals surface area contributed by atoms with Crippen molar-refractivity contribution < 1.29 is 4.74 Å². The lowest BCUT2D eigenvalue weighted by Gasteiger charge is -2.12. The second kappa shape index (κ2) is 5.49. The van der Waals surface area contributed by atoms with Crippen LogP contribution in [0.15, 0.2) is 61.7 Å². The average molecular weight is 277 g/mol. The van der Waals surface area contributed by atoms with Gasteiger partial charge in [-0.05, 0) is 24.6 Å². The number of nitrogens with zero attached hydrogens (tertiary/aromatic N) is 1. The van der Waals surface area contributed by atoms with Crippen molar-refractivity contribution in [1.82, 2.24) is 4.57 Å². The number of para-hydroxylation sites is 1. The van der Waals surface area contributed by atoms with E-state index in [1.807, 2.05) is 18.2 Å². The van der Waals surface area contributed by atoms with Crippen molar-refractivity contribution >= 4 is 21.8 Å². The maximum Gasteiger partial charge on any atom is 0.124 e. The number of methoxy groups -OCH3 is 1. The summed E-state index contributed by atoms with van der Waals surface area (Å²) in [6.07, 6.45) is 4.64. The summed E-state index contributed by atoms with van der Waals surface area (Å²) in [5.74, 6) is 0.913. The van der Waals surface area contributed by atoms with E-state index in [2.05, 4.69) is 48.1 Å². The molecule has 0 bridgehead atoms. The van der Waals surface area contributed by atoms with Crippen LogP contribution in [0.5, 0.6) is 5.75 Å². The Labute approximate surface area is 125 Å². The molecule has 21 heavy (non-hydrogen) atoms. The highest BCUT2D eigenvalue weighted by Crippen LogP contribution is 2.36. The molecule has 3 rings (SSSR count). The Morgan fingerprint density at radius 2 is 1.86 bits per heavy atom. The highest BCUT2D eigenvalue weighted by atomic mass is 16.5. The van der Waals surface area contributed by atoms with E-state index in [1.165, 1.54) is 27.4 Å². The van der Waals surface area contributed by atoms with E-state index in [0.717, 1.165) is 18.7 Å². The van der Waals surface area contributed by atoms with E-state index >= 15 is 0 Å². The molecule has 0 aliphatic carbocycles. The van der Waals surface area contributed by atoms with Crippen LogP contribution in [0.1, 0.15) is 5.56 Å². The Morgan fingerprint density at radius 1 is 1.05 bits per heavy atom. The van der Waals surface area contributed by atoms with Crippen LogP contribution < -0.4 is 4.74 Å². The third-order valence-electron chi connectivity index (χ3n) is 3.87. The van der Waals surface area contributed by atoms with Crippen molar-refractivity contribution in [2.45, 2.75) is 13.0 Å².